The van der Waals surface area contributed by atoms with Crippen molar-refractivity contribution in [3.05, 3.63) is 53.6 Å². The molecule has 1 aliphatic rings. The number of fused-ring (bicyclic) bond motifs is 3. The van der Waals surface area contributed by atoms with Crippen molar-refractivity contribution in [1.82, 2.24) is 5.32 Å². The molecule has 2 aromatic rings. The van der Waals surface area contributed by atoms with E-state index in [1.165, 1.54) is 6.92 Å². The maximum Gasteiger partial charge on any atom is 0.471 e. The third kappa shape index (κ3) is 2.84. The molecule has 0 radical (unpaired) electrons. The molecule has 2 aromatic carbocycles. The molecule has 0 saturated heterocycles. The molecule has 0 bridgehead atoms. The van der Waals surface area contributed by atoms with Crippen LogP contribution in [0.15, 0.2) is 42.5 Å². The Hall–Kier alpha value is -2.83. The predicted molar refractivity (Wildman–Crippen MR) is 82.2 cm³/mol. The molecule has 124 valence electrons. The van der Waals surface area contributed by atoms with Gasteiger partial charge in [0.1, 0.15) is 0 Å². The second kappa shape index (κ2) is 5.67. The number of anilines is 1. The summed E-state index contributed by atoms with van der Waals surface area (Å²) in [5.74, 6) is -2.29. The standard InChI is InChI=1S/C17H13F3N2O2/c1-9(23)21-10-6-7-12-11-4-2-3-5-13(11)15(14(12)8-10)22-16(24)17(18,19)20/h2-8,15H,1H3,(H,21,23)(H,22,24)/t15-/m0/s1. The largest absolute Gasteiger partial charge is 0.471 e. The van der Waals surface area contributed by atoms with Crippen LogP contribution in [-0.4, -0.2) is 18.0 Å². The zero-order valence-electron chi connectivity index (χ0n) is 12.6. The number of rotatable bonds is 2. The lowest BCUT2D eigenvalue weighted by molar-refractivity contribution is -0.174. The van der Waals surface area contributed by atoms with Crippen LogP contribution in [0.3, 0.4) is 0 Å². The van der Waals surface area contributed by atoms with Gasteiger partial charge in [0, 0.05) is 12.6 Å². The van der Waals surface area contributed by atoms with E-state index in [1.807, 2.05) is 5.32 Å². The Balaban J connectivity index is 2.06. The van der Waals surface area contributed by atoms with Gasteiger partial charge in [-0.25, -0.2) is 0 Å². The first-order chi connectivity index (χ1) is 11.3. The number of hydrogen-bond donors (Lipinski definition) is 2. The summed E-state index contributed by atoms with van der Waals surface area (Å²) in [5.41, 5.74) is 3.05. The average Bonchev–Trinajstić information content (AvgIpc) is 2.80. The Kier molecular flexibility index (Phi) is 3.79. The minimum Gasteiger partial charge on any atom is -0.337 e. The summed E-state index contributed by atoms with van der Waals surface area (Å²) in [5, 5.41) is 4.63. The fraction of sp³-hybridized carbons (Fsp3) is 0.176. The van der Waals surface area contributed by atoms with Gasteiger partial charge in [0.25, 0.3) is 0 Å². The third-order valence-corrected chi connectivity index (χ3v) is 3.78. The van der Waals surface area contributed by atoms with Crippen LogP contribution in [0.25, 0.3) is 11.1 Å². The van der Waals surface area contributed by atoms with Crippen LogP contribution in [-0.2, 0) is 9.59 Å². The number of alkyl halides is 3. The molecular formula is C17H13F3N2O2. The summed E-state index contributed by atoms with van der Waals surface area (Å²) in [4.78, 5) is 22.6. The highest BCUT2D eigenvalue weighted by atomic mass is 19.4. The molecule has 0 saturated carbocycles. The molecule has 0 aromatic heterocycles. The molecule has 0 spiro atoms. The minimum atomic E-state index is -4.97. The molecule has 7 heteroatoms. The Morgan fingerprint density at radius 2 is 1.67 bits per heavy atom. The van der Waals surface area contributed by atoms with Crippen molar-refractivity contribution in [3.63, 3.8) is 0 Å². The Morgan fingerprint density at radius 1 is 1.00 bits per heavy atom. The lowest BCUT2D eigenvalue weighted by Crippen LogP contribution is -2.38. The van der Waals surface area contributed by atoms with Gasteiger partial charge >= 0.3 is 12.1 Å². The van der Waals surface area contributed by atoms with Crippen LogP contribution >= 0.6 is 0 Å². The van der Waals surface area contributed by atoms with Gasteiger partial charge in [-0.05, 0) is 34.4 Å². The van der Waals surface area contributed by atoms with E-state index in [2.05, 4.69) is 5.32 Å². The van der Waals surface area contributed by atoms with E-state index in [0.717, 1.165) is 11.1 Å². The molecule has 2 N–H and O–H groups in total. The molecule has 0 fully saturated rings. The summed E-state index contributed by atoms with van der Waals surface area (Å²) in [6, 6.07) is 11.0. The van der Waals surface area contributed by atoms with Crippen LogP contribution < -0.4 is 10.6 Å². The Labute approximate surface area is 135 Å². The molecule has 3 rings (SSSR count). The van der Waals surface area contributed by atoms with E-state index in [0.29, 0.717) is 16.8 Å². The van der Waals surface area contributed by atoms with Gasteiger partial charge in [-0.3, -0.25) is 9.59 Å². The number of carbonyl (C=O) groups is 2. The summed E-state index contributed by atoms with van der Waals surface area (Å²) >= 11 is 0. The van der Waals surface area contributed by atoms with E-state index >= 15 is 0 Å². The number of benzene rings is 2. The van der Waals surface area contributed by atoms with Crippen molar-refractivity contribution >= 4 is 17.5 Å². The molecule has 4 nitrogen and oxygen atoms in total. The van der Waals surface area contributed by atoms with E-state index in [9.17, 15) is 22.8 Å². The number of carbonyl (C=O) groups excluding carboxylic acids is 2. The molecule has 0 aliphatic heterocycles. The molecular weight excluding hydrogens is 321 g/mol. The van der Waals surface area contributed by atoms with Gasteiger partial charge in [-0.2, -0.15) is 13.2 Å². The zero-order valence-corrected chi connectivity index (χ0v) is 12.6. The number of amides is 2. The van der Waals surface area contributed by atoms with Crippen LogP contribution in [0.5, 0.6) is 0 Å². The van der Waals surface area contributed by atoms with Crippen LogP contribution in [0.4, 0.5) is 18.9 Å². The lowest BCUT2D eigenvalue weighted by atomic mass is 10.0. The fourth-order valence-electron chi connectivity index (χ4n) is 2.86. The van der Waals surface area contributed by atoms with Crippen molar-refractivity contribution in [2.24, 2.45) is 0 Å². The summed E-state index contributed by atoms with van der Waals surface area (Å²) in [6.07, 6.45) is -4.97. The van der Waals surface area contributed by atoms with Crippen molar-refractivity contribution in [2.45, 2.75) is 19.1 Å². The smallest absolute Gasteiger partial charge is 0.337 e. The topological polar surface area (TPSA) is 58.2 Å². The van der Waals surface area contributed by atoms with Gasteiger partial charge in [-0.1, -0.05) is 30.3 Å². The summed E-state index contributed by atoms with van der Waals surface area (Å²) in [7, 11) is 0. The maximum absolute atomic E-state index is 12.6. The van der Waals surface area contributed by atoms with E-state index < -0.39 is 18.1 Å². The highest BCUT2D eigenvalue weighted by molar-refractivity contribution is 5.91. The second-order valence-corrected chi connectivity index (χ2v) is 5.47. The molecule has 1 atom stereocenters. The molecule has 0 unspecified atom stereocenters. The first-order valence-corrected chi connectivity index (χ1v) is 7.16. The first kappa shape index (κ1) is 16.0. The quantitative estimate of drug-likeness (QED) is 0.884. The van der Waals surface area contributed by atoms with Crippen LogP contribution in [0.1, 0.15) is 24.1 Å². The molecule has 24 heavy (non-hydrogen) atoms. The molecule has 0 heterocycles. The SMILES string of the molecule is CC(=O)Nc1ccc2c(c1)[C@@H](NC(=O)C(F)(F)F)c1ccccc1-2. The van der Waals surface area contributed by atoms with Gasteiger partial charge < -0.3 is 10.6 Å². The average molecular weight is 334 g/mol. The summed E-state index contributed by atoms with van der Waals surface area (Å²) < 4.78 is 37.9. The van der Waals surface area contributed by atoms with Gasteiger partial charge in [0.2, 0.25) is 5.91 Å². The monoisotopic (exact) mass is 334 g/mol. The first-order valence-electron chi connectivity index (χ1n) is 7.16. The highest BCUT2D eigenvalue weighted by Crippen LogP contribution is 2.44. The Morgan fingerprint density at radius 3 is 2.33 bits per heavy atom. The fourth-order valence-corrected chi connectivity index (χ4v) is 2.86. The van der Waals surface area contributed by atoms with Crippen molar-refractivity contribution in [2.75, 3.05) is 5.32 Å². The van der Waals surface area contributed by atoms with Crippen molar-refractivity contribution in [1.29, 1.82) is 0 Å². The zero-order chi connectivity index (χ0) is 17.5. The highest BCUT2D eigenvalue weighted by Gasteiger charge is 2.41. The molecule has 2 amide bonds. The molecule has 1 aliphatic carbocycles. The maximum atomic E-state index is 12.6. The van der Waals surface area contributed by atoms with Crippen molar-refractivity contribution in [3.8, 4) is 11.1 Å². The van der Waals surface area contributed by atoms with E-state index in [4.69, 9.17) is 0 Å². The van der Waals surface area contributed by atoms with Crippen molar-refractivity contribution < 1.29 is 22.8 Å². The lowest BCUT2D eigenvalue weighted by Gasteiger charge is -2.17. The van der Waals surface area contributed by atoms with Gasteiger partial charge in [-0.15, -0.1) is 0 Å². The Bertz CT molecular complexity index is 831. The summed E-state index contributed by atoms with van der Waals surface area (Å²) in [6.45, 7) is 1.34. The van der Waals surface area contributed by atoms with Gasteiger partial charge in [0.15, 0.2) is 0 Å². The minimum absolute atomic E-state index is 0.290. The van der Waals surface area contributed by atoms with E-state index in [-0.39, 0.29) is 5.91 Å². The van der Waals surface area contributed by atoms with Crippen LogP contribution in [0, 0.1) is 0 Å². The van der Waals surface area contributed by atoms with Crippen LogP contribution in [0.2, 0.25) is 0 Å². The van der Waals surface area contributed by atoms with E-state index in [1.54, 1.807) is 42.5 Å². The van der Waals surface area contributed by atoms with Gasteiger partial charge in [0.05, 0.1) is 6.04 Å². The number of nitrogens with one attached hydrogen (secondary N) is 2. The number of hydrogen-bond acceptors (Lipinski definition) is 2. The second-order valence-electron chi connectivity index (χ2n) is 5.47. The predicted octanol–water partition coefficient (Wildman–Crippen LogP) is 3.39. The normalized spacial score (nSPS) is 15.4. The number of halogens is 3. The third-order valence-electron chi connectivity index (χ3n) is 3.78.